The molecule has 1 fully saturated rings. The van der Waals surface area contributed by atoms with Gasteiger partial charge in [0.15, 0.2) is 5.69 Å². The zero-order valence-electron chi connectivity index (χ0n) is 12.5. The number of nitrogens with zero attached hydrogens (tertiary/aromatic N) is 2. The third-order valence-electron chi connectivity index (χ3n) is 3.87. The Kier molecular flexibility index (Phi) is 3.75. The molecule has 5 nitrogen and oxygen atoms in total. The minimum absolute atomic E-state index is 0.134. The third kappa shape index (κ3) is 3.22. The van der Waals surface area contributed by atoms with Crippen LogP contribution in [0.1, 0.15) is 45.6 Å². The van der Waals surface area contributed by atoms with E-state index in [2.05, 4.69) is 5.16 Å². The number of rotatable bonds is 6. The van der Waals surface area contributed by atoms with Crippen LogP contribution in [0.2, 0.25) is 0 Å². The minimum Gasteiger partial charge on any atom is -0.467 e. The smallest absolute Gasteiger partial charge is 0.276 e. The predicted molar refractivity (Wildman–Crippen MR) is 85.1 cm³/mol. The van der Waals surface area contributed by atoms with Crippen LogP contribution in [0.15, 0.2) is 50.9 Å². The number of hydrogen-bond donors (Lipinski definition) is 0. The van der Waals surface area contributed by atoms with Crippen molar-refractivity contribution in [2.45, 2.75) is 31.8 Å². The Morgan fingerprint density at radius 1 is 1.30 bits per heavy atom. The van der Waals surface area contributed by atoms with Crippen molar-refractivity contribution in [3.05, 3.63) is 64.1 Å². The second kappa shape index (κ2) is 6.04. The molecule has 0 spiro atoms. The van der Waals surface area contributed by atoms with Gasteiger partial charge in [-0.2, -0.15) is 0 Å². The molecule has 3 aromatic heterocycles. The van der Waals surface area contributed by atoms with Gasteiger partial charge in [0.25, 0.3) is 5.91 Å². The molecule has 1 amide bonds. The number of thiophene rings is 1. The van der Waals surface area contributed by atoms with Gasteiger partial charge < -0.3 is 13.8 Å². The first-order chi connectivity index (χ1) is 11.3. The molecule has 0 atom stereocenters. The zero-order chi connectivity index (χ0) is 15.6. The fourth-order valence-electron chi connectivity index (χ4n) is 2.49. The highest BCUT2D eigenvalue weighted by molar-refractivity contribution is 7.09. The van der Waals surface area contributed by atoms with E-state index in [1.54, 1.807) is 28.6 Å². The number of carbonyl (C=O) groups excluding carboxylic acids is 1. The van der Waals surface area contributed by atoms with Gasteiger partial charge in [0, 0.05) is 16.9 Å². The standard InChI is InChI=1S/C17H16N2O3S/c20-17(15-9-16(22-18-15)12-5-6-12)19(10-13-3-1-7-21-13)11-14-4-2-8-23-14/h1-4,7-9,12H,5-6,10-11H2. The summed E-state index contributed by atoms with van der Waals surface area (Å²) in [6, 6.07) is 9.48. The SMILES string of the molecule is O=C(c1cc(C2CC2)on1)N(Cc1ccco1)Cc1cccs1. The van der Waals surface area contributed by atoms with Crippen LogP contribution in [-0.2, 0) is 13.1 Å². The van der Waals surface area contributed by atoms with Gasteiger partial charge >= 0.3 is 0 Å². The molecule has 0 N–H and O–H groups in total. The lowest BCUT2D eigenvalue weighted by Gasteiger charge is -2.19. The van der Waals surface area contributed by atoms with Crippen LogP contribution in [0.5, 0.6) is 0 Å². The van der Waals surface area contributed by atoms with Crippen LogP contribution >= 0.6 is 11.3 Å². The summed E-state index contributed by atoms with van der Waals surface area (Å²) in [7, 11) is 0. The van der Waals surface area contributed by atoms with Gasteiger partial charge in [0.2, 0.25) is 0 Å². The van der Waals surface area contributed by atoms with Crippen LogP contribution in [0.4, 0.5) is 0 Å². The van der Waals surface area contributed by atoms with Crippen molar-refractivity contribution in [3.63, 3.8) is 0 Å². The van der Waals surface area contributed by atoms with Crippen LogP contribution in [0.25, 0.3) is 0 Å². The van der Waals surface area contributed by atoms with Crippen molar-refractivity contribution in [1.82, 2.24) is 10.1 Å². The highest BCUT2D eigenvalue weighted by Gasteiger charge is 2.30. The van der Waals surface area contributed by atoms with Crippen molar-refractivity contribution in [2.24, 2.45) is 0 Å². The van der Waals surface area contributed by atoms with E-state index in [0.29, 0.717) is 24.7 Å². The van der Waals surface area contributed by atoms with Gasteiger partial charge in [-0.05, 0) is 36.4 Å². The van der Waals surface area contributed by atoms with Gasteiger partial charge in [-0.15, -0.1) is 11.3 Å². The highest BCUT2D eigenvalue weighted by Crippen LogP contribution is 2.40. The molecule has 1 aliphatic carbocycles. The summed E-state index contributed by atoms with van der Waals surface area (Å²) in [5.74, 6) is 1.88. The van der Waals surface area contributed by atoms with E-state index in [9.17, 15) is 4.79 Å². The third-order valence-corrected chi connectivity index (χ3v) is 4.73. The predicted octanol–water partition coefficient (Wildman–Crippen LogP) is 4.05. The summed E-state index contributed by atoms with van der Waals surface area (Å²) in [5.41, 5.74) is 0.370. The van der Waals surface area contributed by atoms with Crippen molar-refractivity contribution in [3.8, 4) is 0 Å². The van der Waals surface area contributed by atoms with Gasteiger partial charge in [0.1, 0.15) is 11.5 Å². The van der Waals surface area contributed by atoms with E-state index in [0.717, 1.165) is 29.2 Å². The maximum absolute atomic E-state index is 12.8. The minimum atomic E-state index is -0.134. The lowest BCUT2D eigenvalue weighted by Crippen LogP contribution is -2.29. The van der Waals surface area contributed by atoms with E-state index in [-0.39, 0.29) is 5.91 Å². The molecule has 0 saturated heterocycles. The summed E-state index contributed by atoms with van der Waals surface area (Å²) >= 11 is 1.63. The summed E-state index contributed by atoms with van der Waals surface area (Å²) in [6.07, 6.45) is 3.85. The largest absolute Gasteiger partial charge is 0.467 e. The van der Waals surface area contributed by atoms with Gasteiger partial charge in [-0.1, -0.05) is 11.2 Å². The van der Waals surface area contributed by atoms with E-state index in [4.69, 9.17) is 8.94 Å². The molecule has 3 aromatic rings. The van der Waals surface area contributed by atoms with Crippen molar-refractivity contribution < 1.29 is 13.7 Å². The van der Waals surface area contributed by atoms with Crippen molar-refractivity contribution in [2.75, 3.05) is 0 Å². The van der Waals surface area contributed by atoms with Crippen LogP contribution in [-0.4, -0.2) is 16.0 Å². The van der Waals surface area contributed by atoms with Crippen LogP contribution in [0, 0.1) is 0 Å². The maximum atomic E-state index is 12.8. The second-order valence-corrected chi connectivity index (χ2v) is 6.74. The summed E-state index contributed by atoms with van der Waals surface area (Å²) in [5, 5.41) is 5.97. The Bertz CT molecular complexity index is 736. The topological polar surface area (TPSA) is 59.5 Å². The Morgan fingerprint density at radius 3 is 2.91 bits per heavy atom. The monoisotopic (exact) mass is 328 g/mol. The molecule has 0 aliphatic heterocycles. The molecular formula is C17H16N2O3S. The van der Waals surface area contributed by atoms with Gasteiger partial charge in [0.05, 0.1) is 19.4 Å². The fraction of sp³-hybridized carbons (Fsp3) is 0.294. The molecule has 0 unspecified atom stereocenters. The normalized spacial score (nSPS) is 14.1. The van der Waals surface area contributed by atoms with E-state index in [1.807, 2.05) is 29.6 Å². The second-order valence-electron chi connectivity index (χ2n) is 5.71. The first-order valence-corrected chi connectivity index (χ1v) is 8.48. The summed E-state index contributed by atoms with van der Waals surface area (Å²) in [6.45, 7) is 0.943. The molecule has 6 heteroatoms. The average molecular weight is 328 g/mol. The maximum Gasteiger partial charge on any atom is 0.276 e. The lowest BCUT2D eigenvalue weighted by molar-refractivity contribution is 0.0709. The van der Waals surface area contributed by atoms with Crippen LogP contribution < -0.4 is 0 Å². The number of carbonyl (C=O) groups is 1. The van der Waals surface area contributed by atoms with Crippen molar-refractivity contribution in [1.29, 1.82) is 0 Å². The molecule has 0 radical (unpaired) electrons. The number of amides is 1. The Balaban J connectivity index is 1.55. The quantitative estimate of drug-likeness (QED) is 0.685. The molecule has 118 valence electrons. The Hall–Kier alpha value is -2.34. The molecule has 3 heterocycles. The average Bonchev–Trinajstić information content (AvgIpc) is 3.03. The number of furan rings is 1. The van der Waals surface area contributed by atoms with Gasteiger partial charge in [-0.25, -0.2) is 0 Å². The molecule has 1 aliphatic rings. The molecular weight excluding hydrogens is 312 g/mol. The summed E-state index contributed by atoms with van der Waals surface area (Å²) in [4.78, 5) is 15.7. The Labute approximate surface area is 137 Å². The summed E-state index contributed by atoms with van der Waals surface area (Å²) < 4.78 is 10.7. The van der Waals surface area contributed by atoms with Crippen LogP contribution in [0.3, 0.4) is 0 Å². The number of hydrogen-bond acceptors (Lipinski definition) is 5. The molecule has 0 bridgehead atoms. The van der Waals surface area contributed by atoms with E-state index < -0.39 is 0 Å². The molecule has 1 saturated carbocycles. The molecule has 23 heavy (non-hydrogen) atoms. The fourth-order valence-corrected chi connectivity index (χ4v) is 3.21. The Morgan fingerprint density at radius 2 is 2.22 bits per heavy atom. The van der Waals surface area contributed by atoms with Crippen molar-refractivity contribution >= 4 is 17.2 Å². The van der Waals surface area contributed by atoms with E-state index >= 15 is 0 Å². The lowest BCUT2D eigenvalue weighted by atomic mass is 10.2. The molecule has 0 aromatic carbocycles. The highest BCUT2D eigenvalue weighted by atomic mass is 32.1. The first kappa shape index (κ1) is 14.3. The zero-order valence-corrected chi connectivity index (χ0v) is 13.3. The van der Waals surface area contributed by atoms with Gasteiger partial charge in [-0.3, -0.25) is 4.79 Å². The first-order valence-electron chi connectivity index (χ1n) is 7.60. The van der Waals surface area contributed by atoms with E-state index in [1.165, 1.54) is 0 Å². The number of aromatic nitrogens is 1. The molecule has 4 rings (SSSR count).